The summed E-state index contributed by atoms with van der Waals surface area (Å²) in [5.74, 6) is 0. The van der Waals surface area contributed by atoms with E-state index in [1.54, 1.807) is 0 Å². The van der Waals surface area contributed by atoms with Gasteiger partial charge in [0.2, 0.25) is 5.01 Å². The Morgan fingerprint density at radius 2 is 1.82 bits per heavy atom. The molecule has 1 aromatic rings. The molecule has 0 amide bonds. The first-order chi connectivity index (χ1) is 4.50. The van der Waals surface area contributed by atoms with Gasteiger partial charge in [-0.15, -0.1) is 16.4 Å². The van der Waals surface area contributed by atoms with E-state index in [1.807, 2.05) is 0 Å². The van der Waals surface area contributed by atoms with Crippen LogP contribution in [0.1, 0.15) is 5.01 Å². The van der Waals surface area contributed by atoms with Gasteiger partial charge in [0, 0.05) is 0 Å². The predicted octanol–water partition coefficient (Wildman–Crippen LogP) is -2.37. The van der Waals surface area contributed by atoms with Crippen molar-refractivity contribution in [2.24, 2.45) is 0 Å². The van der Waals surface area contributed by atoms with Gasteiger partial charge in [0.1, 0.15) is 0 Å². The molecule has 0 bridgehead atoms. The minimum Gasteiger partial charge on any atom is -0.850 e. The Morgan fingerprint density at radius 1 is 1.27 bits per heavy atom. The monoisotopic (exact) mass is 208 g/mol. The quantitative estimate of drug-likeness (QED) is 0.448. The Kier molecular flexibility index (Phi) is 4.44. The number of halogens is 3. The van der Waals surface area contributed by atoms with E-state index in [2.05, 4.69) is 10.2 Å². The summed E-state index contributed by atoms with van der Waals surface area (Å²) >= 11 is -0.00810. The van der Waals surface area contributed by atoms with Crippen LogP contribution in [-0.4, -0.2) is 10.2 Å². The molecule has 11 heavy (non-hydrogen) atoms. The second kappa shape index (κ2) is 4.15. The molecule has 0 N–H and O–H groups in total. The Morgan fingerprint density at radius 3 is 2.00 bits per heavy atom. The second-order valence-corrected chi connectivity index (χ2v) is 2.31. The van der Waals surface area contributed by atoms with Crippen molar-refractivity contribution in [3.8, 4) is 5.19 Å². The van der Waals surface area contributed by atoms with Gasteiger partial charge in [-0.05, 0) is 0 Å². The Labute approximate surface area is 106 Å². The first-order valence-corrected chi connectivity index (χ1v) is 2.89. The van der Waals surface area contributed by atoms with Gasteiger partial charge < -0.3 is 5.11 Å². The number of nitrogens with zero attached hydrogens (tertiary/aromatic N) is 2. The van der Waals surface area contributed by atoms with E-state index >= 15 is 0 Å². The van der Waals surface area contributed by atoms with Crippen LogP contribution in [0.4, 0.5) is 13.2 Å². The zero-order chi connectivity index (χ0) is 7.78. The molecule has 56 valence electrons. The maximum absolute atomic E-state index is 11.6. The van der Waals surface area contributed by atoms with Crippen molar-refractivity contribution in [2.75, 3.05) is 0 Å². The second-order valence-electron chi connectivity index (χ2n) is 1.37. The van der Waals surface area contributed by atoms with Crippen molar-refractivity contribution < 1.29 is 69.7 Å². The molecule has 1 heterocycles. The topological polar surface area (TPSA) is 48.8 Å². The van der Waals surface area contributed by atoms with E-state index in [1.165, 1.54) is 0 Å². The molecular formula is C3F3KN2OS. The molecule has 1 aromatic heterocycles. The molecule has 1 rings (SSSR count). The predicted molar refractivity (Wildman–Crippen MR) is 24.4 cm³/mol. The van der Waals surface area contributed by atoms with Crippen LogP contribution in [0.2, 0.25) is 0 Å². The summed E-state index contributed by atoms with van der Waals surface area (Å²) in [6.45, 7) is 0. The van der Waals surface area contributed by atoms with E-state index in [0.717, 1.165) is 0 Å². The molecule has 0 aromatic carbocycles. The van der Waals surface area contributed by atoms with Crippen LogP contribution in [0.5, 0.6) is 5.19 Å². The van der Waals surface area contributed by atoms with Crippen molar-refractivity contribution in [3.05, 3.63) is 5.01 Å². The van der Waals surface area contributed by atoms with Crippen molar-refractivity contribution in [1.29, 1.82) is 0 Å². The molecule has 0 saturated heterocycles. The van der Waals surface area contributed by atoms with Crippen LogP contribution >= 0.6 is 11.3 Å². The number of hydrogen-bond acceptors (Lipinski definition) is 4. The van der Waals surface area contributed by atoms with Crippen LogP contribution in [0, 0.1) is 0 Å². The first-order valence-electron chi connectivity index (χ1n) is 2.08. The summed E-state index contributed by atoms with van der Waals surface area (Å²) in [6, 6.07) is 0. The molecule has 0 radical (unpaired) electrons. The summed E-state index contributed by atoms with van der Waals surface area (Å²) in [7, 11) is 0. The molecule has 0 saturated carbocycles. The third-order valence-electron chi connectivity index (χ3n) is 0.649. The standard InChI is InChI=1S/C3HF3N2OS.K/c4-3(5,6)1-7-8-2(9)10-1;/h(H,8,9);/q;+1/p-1. The van der Waals surface area contributed by atoms with Crippen molar-refractivity contribution in [3.63, 3.8) is 0 Å². The molecule has 0 aliphatic rings. The summed E-state index contributed by atoms with van der Waals surface area (Å²) in [5.41, 5.74) is 0. The SMILES string of the molecule is [K+].[O-]c1nnc(C(F)(F)F)s1. The average Bonchev–Trinajstić information content (AvgIpc) is 2.11. The van der Waals surface area contributed by atoms with Crippen LogP contribution in [0.3, 0.4) is 0 Å². The van der Waals surface area contributed by atoms with Crippen molar-refractivity contribution >= 4 is 11.3 Å². The fraction of sp³-hybridized carbons (Fsp3) is 0.333. The summed E-state index contributed by atoms with van der Waals surface area (Å²) < 4.78 is 34.7. The Balaban J connectivity index is 0.000001000. The Bertz CT molecular complexity index is 237. The van der Waals surface area contributed by atoms with Crippen LogP contribution in [-0.2, 0) is 6.18 Å². The number of aromatic nitrogens is 2. The molecule has 0 unspecified atom stereocenters. The van der Waals surface area contributed by atoms with Gasteiger partial charge in [-0.1, -0.05) is 0 Å². The molecule has 3 nitrogen and oxygen atoms in total. The third-order valence-corrected chi connectivity index (χ3v) is 1.41. The van der Waals surface area contributed by atoms with Gasteiger partial charge in [0.25, 0.3) is 0 Å². The van der Waals surface area contributed by atoms with E-state index in [-0.39, 0.29) is 62.7 Å². The van der Waals surface area contributed by atoms with Crippen LogP contribution in [0.15, 0.2) is 0 Å². The molecule has 0 aliphatic heterocycles. The zero-order valence-electron chi connectivity index (χ0n) is 5.34. The summed E-state index contributed by atoms with van der Waals surface area (Å²) in [5, 5.41) is 13.3. The van der Waals surface area contributed by atoms with E-state index in [0.29, 0.717) is 0 Å². The van der Waals surface area contributed by atoms with Crippen molar-refractivity contribution in [1.82, 2.24) is 10.2 Å². The zero-order valence-corrected chi connectivity index (χ0v) is 9.28. The normalized spacial score (nSPS) is 10.8. The number of alkyl halides is 3. The van der Waals surface area contributed by atoms with E-state index in [9.17, 15) is 18.3 Å². The van der Waals surface area contributed by atoms with E-state index in [4.69, 9.17) is 0 Å². The maximum atomic E-state index is 11.6. The summed E-state index contributed by atoms with van der Waals surface area (Å²) in [6.07, 6.45) is -4.54. The fourth-order valence-electron chi connectivity index (χ4n) is 0.324. The van der Waals surface area contributed by atoms with E-state index < -0.39 is 16.4 Å². The van der Waals surface area contributed by atoms with Gasteiger partial charge in [0.05, 0.1) is 5.19 Å². The first kappa shape index (κ1) is 11.8. The summed E-state index contributed by atoms with van der Waals surface area (Å²) in [4.78, 5) is 0. The average molecular weight is 208 g/mol. The van der Waals surface area contributed by atoms with Crippen molar-refractivity contribution in [2.45, 2.75) is 6.18 Å². The number of hydrogen-bond donors (Lipinski definition) is 0. The molecule has 0 aliphatic carbocycles. The molecule has 0 spiro atoms. The minimum absolute atomic E-state index is 0. The molecule has 0 atom stereocenters. The van der Waals surface area contributed by atoms with Gasteiger partial charge in [-0.3, -0.25) is 0 Å². The molecule has 0 fully saturated rings. The Hall–Kier alpha value is 0.786. The minimum atomic E-state index is -4.54. The smallest absolute Gasteiger partial charge is 0.850 e. The number of rotatable bonds is 0. The van der Waals surface area contributed by atoms with Crippen LogP contribution < -0.4 is 56.5 Å². The largest absolute Gasteiger partial charge is 1.00 e. The third kappa shape index (κ3) is 3.34. The fourth-order valence-corrected chi connectivity index (χ4v) is 0.769. The van der Waals surface area contributed by atoms with Gasteiger partial charge >= 0.3 is 57.6 Å². The van der Waals surface area contributed by atoms with Gasteiger partial charge in [-0.2, -0.15) is 18.3 Å². The maximum Gasteiger partial charge on any atom is 1.00 e. The van der Waals surface area contributed by atoms with Crippen LogP contribution in [0.25, 0.3) is 0 Å². The molecule has 8 heteroatoms. The van der Waals surface area contributed by atoms with Gasteiger partial charge in [0.15, 0.2) is 0 Å². The van der Waals surface area contributed by atoms with Gasteiger partial charge in [-0.25, -0.2) is 0 Å². The molecular weight excluding hydrogens is 208 g/mol.